The van der Waals surface area contributed by atoms with Gasteiger partial charge in [-0.2, -0.15) is 5.10 Å². The Morgan fingerprint density at radius 3 is 2.48 bits per heavy atom. The Labute approximate surface area is 176 Å². The molecule has 0 saturated carbocycles. The zero-order valence-electron chi connectivity index (χ0n) is 16.8. The fourth-order valence-electron chi connectivity index (χ4n) is 2.97. The maximum atomic E-state index is 13.6. The second-order valence-electron chi connectivity index (χ2n) is 7.06. The minimum Gasteiger partial charge on any atom is -0.305 e. The third-order valence-electron chi connectivity index (χ3n) is 4.38. The summed E-state index contributed by atoms with van der Waals surface area (Å²) in [5.74, 6) is -0.253. The number of hydrogen-bond donors (Lipinski definition) is 0. The molecule has 0 aliphatic heterocycles. The Balaban J connectivity index is 0.00000300. The zero-order valence-corrected chi connectivity index (χ0v) is 17.6. The molecule has 0 atom stereocenters. The van der Waals surface area contributed by atoms with Gasteiger partial charge in [0.05, 0.1) is 12.2 Å². The van der Waals surface area contributed by atoms with Crippen LogP contribution in [-0.2, 0) is 13.1 Å². The van der Waals surface area contributed by atoms with Gasteiger partial charge in [0.1, 0.15) is 5.82 Å². The number of rotatable bonds is 6. The Morgan fingerprint density at radius 1 is 1.10 bits per heavy atom. The molecule has 2 aromatic carbocycles. The first-order valence-corrected chi connectivity index (χ1v) is 9.18. The van der Waals surface area contributed by atoms with Crippen LogP contribution in [0.4, 0.5) is 4.39 Å². The van der Waals surface area contributed by atoms with E-state index in [2.05, 4.69) is 5.10 Å². The molecule has 3 rings (SSSR count). The second-order valence-corrected chi connectivity index (χ2v) is 7.06. The van der Waals surface area contributed by atoms with Crippen molar-refractivity contribution >= 4 is 18.5 Å². The molecule has 6 heteroatoms. The number of halogens is 2. The van der Waals surface area contributed by atoms with Crippen molar-refractivity contribution in [2.75, 3.05) is 14.1 Å². The van der Waals surface area contributed by atoms with Gasteiger partial charge in [0.2, 0.25) is 0 Å². The Morgan fingerprint density at radius 2 is 1.83 bits per heavy atom. The van der Waals surface area contributed by atoms with Gasteiger partial charge in [-0.05, 0) is 56.4 Å². The number of aromatic nitrogens is 2. The SMILES string of the molecule is Cc1cc(-c2cc(CN(C)C)c(=O)n(C/C=C/c3ccccc3)n2)ccc1F.Cl. The van der Waals surface area contributed by atoms with E-state index in [0.717, 1.165) is 11.1 Å². The number of hydrogen-bond acceptors (Lipinski definition) is 3. The monoisotopic (exact) mass is 413 g/mol. The molecule has 1 heterocycles. The van der Waals surface area contributed by atoms with Crippen LogP contribution in [0.2, 0.25) is 0 Å². The fraction of sp³-hybridized carbons (Fsp3) is 0.217. The summed E-state index contributed by atoms with van der Waals surface area (Å²) in [6, 6.07) is 16.6. The first-order chi connectivity index (χ1) is 13.4. The summed E-state index contributed by atoms with van der Waals surface area (Å²) >= 11 is 0. The average Bonchev–Trinajstić information content (AvgIpc) is 2.67. The van der Waals surface area contributed by atoms with Crippen molar-refractivity contribution in [1.82, 2.24) is 14.7 Å². The van der Waals surface area contributed by atoms with E-state index in [1.54, 1.807) is 25.1 Å². The Hall–Kier alpha value is -2.76. The minimum atomic E-state index is -0.253. The van der Waals surface area contributed by atoms with Crippen molar-refractivity contribution in [3.63, 3.8) is 0 Å². The molecule has 152 valence electrons. The molecule has 0 radical (unpaired) electrons. The molecule has 0 fully saturated rings. The van der Waals surface area contributed by atoms with Gasteiger partial charge in [0.15, 0.2) is 0 Å². The van der Waals surface area contributed by atoms with Gasteiger partial charge in [-0.3, -0.25) is 4.79 Å². The third-order valence-corrected chi connectivity index (χ3v) is 4.38. The third kappa shape index (κ3) is 5.86. The largest absolute Gasteiger partial charge is 0.305 e. The van der Waals surface area contributed by atoms with Gasteiger partial charge in [-0.1, -0.05) is 42.5 Å². The number of nitrogens with zero attached hydrogens (tertiary/aromatic N) is 3. The van der Waals surface area contributed by atoms with E-state index in [0.29, 0.717) is 29.9 Å². The highest BCUT2D eigenvalue weighted by atomic mass is 35.5. The molecule has 0 N–H and O–H groups in total. The normalized spacial score (nSPS) is 11.1. The van der Waals surface area contributed by atoms with Crippen LogP contribution in [0.3, 0.4) is 0 Å². The summed E-state index contributed by atoms with van der Waals surface area (Å²) in [7, 11) is 3.84. The molecule has 29 heavy (non-hydrogen) atoms. The molecule has 0 saturated heterocycles. The number of benzene rings is 2. The molecule has 1 aromatic heterocycles. The van der Waals surface area contributed by atoms with Crippen LogP contribution >= 0.6 is 12.4 Å². The van der Waals surface area contributed by atoms with Crippen molar-refractivity contribution in [3.05, 3.63) is 93.5 Å². The molecular formula is C23H25ClFN3O. The maximum absolute atomic E-state index is 13.6. The van der Waals surface area contributed by atoms with Gasteiger partial charge in [-0.25, -0.2) is 9.07 Å². The average molecular weight is 414 g/mol. The van der Waals surface area contributed by atoms with Crippen LogP contribution in [0, 0.1) is 12.7 Å². The predicted octanol–water partition coefficient (Wildman–Crippen LogP) is 4.55. The first kappa shape index (κ1) is 22.5. The summed E-state index contributed by atoms with van der Waals surface area (Å²) in [4.78, 5) is 14.8. The lowest BCUT2D eigenvalue weighted by atomic mass is 10.1. The highest BCUT2D eigenvalue weighted by Crippen LogP contribution is 2.20. The second kappa shape index (κ2) is 10.1. The van der Waals surface area contributed by atoms with Crippen LogP contribution < -0.4 is 5.56 Å². The zero-order chi connectivity index (χ0) is 20.1. The first-order valence-electron chi connectivity index (χ1n) is 9.18. The molecule has 0 bridgehead atoms. The van der Waals surface area contributed by atoms with E-state index in [1.807, 2.05) is 61.5 Å². The summed E-state index contributed by atoms with van der Waals surface area (Å²) in [6.07, 6.45) is 3.89. The van der Waals surface area contributed by atoms with Crippen LogP contribution in [0.1, 0.15) is 16.7 Å². The molecule has 3 aromatic rings. The maximum Gasteiger partial charge on any atom is 0.271 e. The van der Waals surface area contributed by atoms with Gasteiger partial charge < -0.3 is 4.90 Å². The molecule has 0 aliphatic rings. The van der Waals surface area contributed by atoms with E-state index >= 15 is 0 Å². The quantitative estimate of drug-likeness (QED) is 0.594. The van der Waals surface area contributed by atoms with Crippen LogP contribution in [-0.4, -0.2) is 28.8 Å². The number of allylic oxidation sites excluding steroid dienone is 1. The van der Waals surface area contributed by atoms with Crippen LogP contribution in [0.15, 0.2) is 65.5 Å². The highest BCUT2D eigenvalue weighted by Gasteiger charge is 2.11. The van der Waals surface area contributed by atoms with Gasteiger partial charge in [0, 0.05) is 17.7 Å². The summed E-state index contributed by atoms with van der Waals surface area (Å²) in [6.45, 7) is 2.59. The summed E-state index contributed by atoms with van der Waals surface area (Å²) in [5, 5.41) is 4.52. The molecule has 0 spiro atoms. The lowest BCUT2D eigenvalue weighted by Gasteiger charge is -2.13. The van der Waals surface area contributed by atoms with Crippen molar-refractivity contribution in [2.24, 2.45) is 0 Å². The van der Waals surface area contributed by atoms with Crippen molar-refractivity contribution < 1.29 is 4.39 Å². The van der Waals surface area contributed by atoms with Crippen molar-refractivity contribution in [1.29, 1.82) is 0 Å². The van der Waals surface area contributed by atoms with Crippen molar-refractivity contribution in [2.45, 2.75) is 20.0 Å². The minimum absolute atomic E-state index is 0. The van der Waals surface area contributed by atoms with E-state index < -0.39 is 0 Å². The van der Waals surface area contributed by atoms with Gasteiger partial charge in [-0.15, -0.1) is 12.4 Å². The number of aryl methyl sites for hydroxylation is 1. The molecular weight excluding hydrogens is 389 g/mol. The van der Waals surface area contributed by atoms with Gasteiger partial charge >= 0.3 is 0 Å². The van der Waals surface area contributed by atoms with E-state index in [1.165, 1.54) is 10.7 Å². The predicted molar refractivity (Wildman–Crippen MR) is 119 cm³/mol. The van der Waals surface area contributed by atoms with E-state index in [4.69, 9.17) is 0 Å². The lowest BCUT2D eigenvalue weighted by molar-refractivity contribution is 0.397. The fourth-order valence-corrected chi connectivity index (χ4v) is 2.97. The smallest absolute Gasteiger partial charge is 0.271 e. The van der Waals surface area contributed by atoms with Crippen LogP contribution in [0.5, 0.6) is 0 Å². The van der Waals surface area contributed by atoms with E-state index in [-0.39, 0.29) is 23.8 Å². The topological polar surface area (TPSA) is 38.1 Å². The van der Waals surface area contributed by atoms with Gasteiger partial charge in [0.25, 0.3) is 5.56 Å². The highest BCUT2D eigenvalue weighted by molar-refractivity contribution is 5.85. The Bertz CT molecular complexity index is 1050. The summed E-state index contributed by atoms with van der Waals surface area (Å²) in [5.41, 5.74) is 3.61. The molecule has 0 unspecified atom stereocenters. The van der Waals surface area contributed by atoms with Crippen LogP contribution in [0.25, 0.3) is 17.3 Å². The molecule has 4 nitrogen and oxygen atoms in total. The Kier molecular flexibility index (Phi) is 7.88. The van der Waals surface area contributed by atoms with Crippen molar-refractivity contribution in [3.8, 4) is 11.3 Å². The molecule has 0 aliphatic carbocycles. The lowest BCUT2D eigenvalue weighted by Crippen LogP contribution is -2.29. The standard InChI is InChI=1S/C23H24FN3O.ClH/c1-17-14-19(11-12-21(17)24)22-15-20(16-26(2)3)23(28)27(25-22)13-7-10-18-8-5-4-6-9-18;/h4-12,14-15H,13,16H2,1-3H3;1H/b10-7+;. The summed E-state index contributed by atoms with van der Waals surface area (Å²) < 4.78 is 15.1. The molecule has 0 amide bonds. The van der Waals surface area contributed by atoms with E-state index in [9.17, 15) is 9.18 Å².